The SMILES string of the molecule is N=C/C=C\c1coc2ccc(N(c3ccc(-c4ccccc4)cc3)c3ccc4ccc5c6ccccc6ccc5c4c3)cc12. The minimum absolute atomic E-state index is 0.814. The Morgan fingerprint density at radius 3 is 1.91 bits per heavy atom. The van der Waals surface area contributed by atoms with Crippen LogP contribution in [0.4, 0.5) is 17.1 Å². The highest BCUT2D eigenvalue weighted by Crippen LogP contribution is 2.41. The third-order valence-corrected chi connectivity index (χ3v) is 8.44. The molecule has 0 aliphatic carbocycles. The van der Waals surface area contributed by atoms with Crippen molar-refractivity contribution in [3.8, 4) is 11.1 Å². The summed E-state index contributed by atoms with van der Waals surface area (Å²) in [5, 5.41) is 15.9. The molecule has 8 rings (SSSR count). The van der Waals surface area contributed by atoms with Crippen LogP contribution in [-0.2, 0) is 0 Å². The van der Waals surface area contributed by atoms with E-state index in [1.165, 1.54) is 49.7 Å². The van der Waals surface area contributed by atoms with Crippen molar-refractivity contribution in [1.82, 2.24) is 0 Å². The number of benzene rings is 7. The molecule has 3 heteroatoms. The summed E-state index contributed by atoms with van der Waals surface area (Å²) in [6.45, 7) is 0. The van der Waals surface area contributed by atoms with Gasteiger partial charge in [-0.05, 0) is 98.1 Å². The van der Waals surface area contributed by atoms with Crippen LogP contribution in [0.2, 0.25) is 0 Å². The molecule has 0 bridgehead atoms. The molecule has 0 saturated heterocycles. The minimum Gasteiger partial charge on any atom is -0.464 e. The fourth-order valence-electron chi connectivity index (χ4n) is 6.28. The molecular formula is C41H28N2O. The summed E-state index contributed by atoms with van der Waals surface area (Å²) in [6.07, 6.45) is 6.66. The van der Waals surface area contributed by atoms with Gasteiger partial charge in [-0.2, -0.15) is 0 Å². The normalized spacial score (nSPS) is 11.6. The van der Waals surface area contributed by atoms with E-state index >= 15 is 0 Å². The number of hydrogen-bond acceptors (Lipinski definition) is 3. The van der Waals surface area contributed by atoms with Crippen LogP contribution in [0.5, 0.6) is 0 Å². The van der Waals surface area contributed by atoms with E-state index in [0.29, 0.717) is 0 Å². The molecule has 1 N–H and O–H groups in total. The molecule has 0 fully saturated rings. The maximum Gasteiger partial charge on any atom is 0.134 e. The van der Waals surface area contributed by atoms with Crippen LogP contribution in [0.25, 0.3) is 60.5 Å². The summed E-state index contributed by atoms with van der Waals surface area (Å²) in [5.74, 6) is 0. The third kappa shape index (κ3) is 4.43. The van der Waals surface area contributed by atoms with Crippen LogP contribution in [0, 0.1) is 5.41 Å². The Kier molecular flexibility index (Phi) is 6.28. The molecule has 0 saturated carbocycles. The molecule has 3 nitrogen and oxygen atoms in total. The van der Waals surface area contributed by atoms with Crippen molar-refractivity contribution < 1.29 is 4.42 Å². The Labute approximate surface area is 255 Å². The summed E-state index contributed by atoms with van der Waals surface area (Å²) >= 11 is 0. The molecule has 0 radical (unpaired) electrons. The van der Waals surface area contributed by atoms with E-state index in [1.54, 1.807) is 12.3 Å². The van der Waals surface area contributed by atoms with E-state index < -0.39 is 0 Å². The van der Waals surface area contributed by atoms with Crippen molar-refractivity contribution in [2.24, 2.45) is 0 Å². The number of hydrogen-bond donors (Lipinski definition) is 1. The zero-order valence-corrected chi connectivity index (χ0v) is 23.9. The van der Waals surface area contributed by atoms with Crippen molar-refractivity contribution in [2.45, 2.75) is 0 Å². The second-order valence-corrected chi connectivity index (χ2v) is 11.0. The zero-order valence-electron chi connectivity index (χ0n) is 23.9. The average molecular weight is 565 g/mol. The Morgan fingerprint density at radius 2 is 1.11 bits per heavy atom. The molecule has 8 aromatic rings. The molecule has 0 aliphatic rings. The van der Waals surface area contributed by atoms with Gasteiger partial charge < -0.3 is 14.7 Å². The Hall–Kier alpha value is -5.93. The molecule has 0 atom stereocenters. The Balaban J connectivity index is 1.33. The molecule has 208 valence electrons. The van der Waals surface area contributed by atoms with E-state index in [-0.39, 0.29) is 0 Å². The lowest BCUT2D eigenvalue weighted by Gasteiger charge is -2.26. The molecule has 7 aromatic carbocycles. The van der Waals surface area contributed by atoms with Gasteiger partial charge in [-0.25, -0.2) is 0 Å². The van der Waals surface area contributed by atoms with E-state index in [2.05, 4.69) is 132 Å². The van der Waals surface area contributed by atoms with Crippen LogP contribution < -0.4 is 4.90 Å². The molecular weight excluding hydrogens is 536 g/mol. The van der Waals surface area contributed by atoms with Crippen molar-refractivity contribution in [3.63, 3.8) is 0 Å². The van der Waals surface area contributed by atoms with Gasteiger partial charge in [-0.3, -0.25) is 0 Å². The monoisotopic (exact) mass is 564 g/mol. The maximum atomic E-state index is 7.45. The number of anilines is 3. The number of furan rings is 1. The quantitative estimate of drug-likeness (QED) is 0.161. The van der Waals surface area contributed by atoms with Crippen molar-refractivity contribution in [2.75, 3.05) is 4.90 Å². The smallest absolute Gasteiger partial charge is 0.134 e. The number of nitrogens with zero attached hydrogens (tertiary/aromatic N) is 1. The number of fused-ring (bicyclic) bond motifs is 6. The second kappa shape index (κ2) is 10.7. The van der Waals surface area contributed by atoms with Crippen LogP contribution in [0.3, 0.4) is 0 Å². The van der Waals surface area contributed by atoms with Gasteiger partial charge >= 0.3 is 0 Å². The lowest BCUT2D eigenvalue weighted by molar-refractivity contribution is 0.615. The molecule has 0 aliphatic heterocycles. The van der Waals surface area contributed by atoms with Gasteiger partial charge in [0.2, 0.25) is 0 Å². The first-order chi connectivity index (χ1) is 21.8. The fourth-order valence-corrected chi connectivity index (χ4v) is 6.28. The maximum absolute atomic E-state index is 7.45. The van der Waals surface area contributed by atoms with Crippen molar-refractivity contribution >= 4 is 72.6 Å². The minimum atomic E-state index is 0.814. The van der Waals surface area contributed by atoms with E-state index in [4.69, 9.17) is 9.83 Å². The highest BCUT2D eigenvalue weighted by Gasteiger charge is 2.16. The lowest BCUT2D eigenvalue weighted by atomic mass is 9.96. The van der Waals surface area contributed by atoms with Crippen molar-refractivity contribution in [1.29, 1.82) is 5.41 Å². The van der Waals surface area contributed by atoms with Gasteiger partial charge in [-0.15, -0.1) is 0 Å². The summed E-state index contributed by atoms with van der Waals surface area (Å²) in [4.78, 5) is 2.31. The van der Waals surface area contributed by atoms with E-state index in [0.717, 1.165) is 33.6 Å². The molecule has 1 aromatic heterocycles. The standard InChI is InChI=1S/C41H28N2O/c42-24-6-10-32-27-44-41-23-20-35(26-40(32)41)43(33-17-12-29(13-18-33)28-7-2-1-3-8-28)34-19-14-31-16-21-37-36-11-5-4-9-30(36)15-22-38(37)39(31)25-34/h1-27,42H/b10-6-,42-24?. The largest absolute Gasteiger partial charge is 0.464 e. The van der Waals surface area contributed by atoms with Gasteiger partial charge in [0.25, 0.3) is 0 Å². The Morgan fingerprint density at radius 1 is 0.500 bits per heavy atom. The summed E-state index contributed by atoms with van der Waals surface area (Å²) in [6, 6.07) is 49.8. The van der Waals surface area contributed by atoms with Crippen LogP contribution >= 0.6 is 0 Å². The van der Waals surface area contributed by atoms with E-state index in [9.17, 15) is 0 Å². The predicted molar refractivity (Wildman–Crippen MR) is 187 cm³/mol. The molecule has 1 heterocycles. The Bertz CT molecular complexity index is 2350. The van der Waals surface area contributed by atoms with Gasteiger partial charge in [0.05, 0.1) is 6.26 Å². The van der Waals surface area contributed by atoms with E-state index in [1.807, 2.05) is 18.2 Å². The number of nitrogens with one attached hydrogen (secondary N) is 1. The first-order valence-electron chi connectivity index (χ1n) is 14.8. The van der Waals surface area contributed by atoms with Crippen LogP contribution in [0.1, 0.15) is 5.56 Å². The van der Waals surface area contributed by atoms with Gasteiger partial charge in [0.1, 0.15) is 5.58 Å². The summed E-state index contributed by atoms with van der Waals surface area (Å²) in [5.41, 5.74) is 7.29. The third-order valence-electron chi connectivity index (χ3n) is 8.44. The number of rotatable bonds is 6. The molecule has 0 unspecified atom stereocenters. The fraction of sp³-hybridized carbons (Fsp3) is 0. The van der Waals surface area contributed by atoms with Gasteiger partial charge in [0.15, 0.2) is 0 Å². The van der Waals surface area contributed by atoms with Crippen LogP contribution in [-0.4, -0.2) is 6.21 Å². The lowest BCUT2D eigenvalue weighted by Crippen LogP contribution is -2.10. The molecule has 0 spiro atoms. The second-order valence-electron chi connectivity index (χ2n) is 11.0. The highest BCUT2D eigenvalue weighted by atomic mass is 16.3. The highest BCUT2D eigenvalue weighted by molar-refractivity contribution is 6.17. The topological polar surface area (TPSA) is 40.2 Å². The molecule has 44 heavy (non-hydrogen) atoms. The zero-order chi connectivity index (χ0) is 29.5. The van der Waals surface area contributed by atoms with Gasteiger partial charge in [-0.1, -0.05) is 97.1 Å². The number of allylic oxidation sites excluding steroid dienone is 1. The summed E-state index contributed by atoms with van der Waals surface area (Å²) in [7, 11) is 0. The first kappa shape index (κ1) is 25.8. The van der Waals surface area contributed by atoms with Gasteiger partial charge in [0, 0.05) is 34.2 Å². The van der Waals surface area contributed by atoms with Crippen molar-refractivity contribution in [3.05, 3.63) is 157 Å². The average Bonchev–Trinajstić information content (AvgIpc) is 3.50. The van der Waals surface area contributed by atoms with Crippen LogP contribution in [0.15, 0.2) is 156 Å². The molecule has 0 amide bonds. The summed E-state index contributed by atoms with van der Waals surface area (Å²) < 4.78 is 5.85. The first-order valence-corrected chi connectivity index (χ1v) is 14.8. The predicted octanol–water partition coefficient (Wildman–Crippen LogP) is 11.7.